The number of carboxylic acid groups (broad SMARTS) is 1. The van der Waals surface area contributed by atoms with Gasteiger partial charge in [-0.05, 0) is 36.4 Å². The van der Waals surface area contributed by atoms with E-state index in [-0.39, 0.29) is 11.5 Å². The summed E-state index contributed by atoms with van der Waals surface area (Å²) in [5.74, 6) is -0.258. The Labute approximate surface area is 125 Å². The quantitative estimate of drug-likeness (QED) is 0.747. The minimum Gasteiger partial charge on any atom is -0.497 e. The van der Waals surface area contributed by atoms with E-state index in [0.717, 1.165) is 0 Å². The smallest absolute Gasteiger partial charge is 0.358 e. The van der Waals surface area contributed by atoms with E-state index in [1.54, 1.807) is 60.2 Å². The molecule has 0 aliphatic rings. The Morgan fingerprint density at radius 1 is 1.18 bits per heavy atom. The van der Waals surface area contributed by atoms with Crippen LogP contribution < -0.4 is 4.74 Å². The number of aromatic nitrogens is 2. The van der Waals surface area contributed by atoms with Crippen molar-refractivity contribution in [1.29, 1.82) is 0 Å². The Bertz CT molecular complexity index is 853. The zero-order chi connectivity index (χ0) is 15.5. The normalized spacial score (nSPS) is 11.1. The van der Waals surface area contributed by atoms with Crippen LogP contribution in [0.5, 0.6) is 5.75 Å². The van der Waals surface area contributed by atoms with E-state index in [4.69, 9.17) is 4.74 Å². The first-order chi connectivity index (χ1) is 10.7. The van der Waals surface area contributed by atoms with Crippen LogP contribution in [0.4, 0.5) is 11.5 Å². The second-order valence-electron chi connectivity index (χ2n) is 4.42. The van der Waals surface area contributed by atoms with Crippen LogP contribution in [0, 0.1) is 0 Å². The minimum atomic E-state index is -1.15. The maximum absolute atomic E-state index is 11.3. The molecule has 0 atom stereocenters. The molecular weight excluding hydrogens is 284 g/mol. The van der Waals surface area contributed by atoms with E-state index in [2.05, 4.69) is 15.2 Å². The molecule has 2 heterocycles. The molecule has 0 spiro atoms. The lowest BCUT2D eigenvalue weighted by atomic mass is 10.3. The third kappa shape index (κ3) is 2.51. The van der Waals surface area contributed by atoms with Gasteiger partial charge in [-0.1, -0.05) is 6.07 Å². The van der Waals surface area contributed by atoms with E-state index in [1.807, 2.05) is 0 Å². The molecule has 0 radical (unpaired) electrons. The molecule has 110 valence electrons. The molecule has 0 aliphatic heterocycles. The van der Waals surface area contributed by atoms with Crippen molar-refractivity contribution in [2.45, 2.75) is 0 Å². The summed E-state index contributed by atoms with van der Waals surface area (Å²) in [6.45, 7) is 0. The van der Waals surface area contributed by atoms with Crippen molar-refractivity contribution < 1.29 is 14.6 Å². The van der Waals surface area contributed by atoms with Gasteiger partial charge in [0.25, 0.3) is 0 Å². The number of carboxylic acids is 1. The number of rotatable bonds is 4. The van der Waals surface area contributed by atoms with Crippen molar-refractivity contribution in [3.63, 3.8) is 0 Å². The third-order valence-corrected chi connectivity index (χ3v) is 3.04. The number of pyridine rings is 1. The highest BCUT2D eigenvalue weighted by atomic mass is 16.5. The highest BCUT2D eigenvalue weighted by molar-refractivity contribution is 5.91. The molecule has 0 amide bonds. The molecule has 0 saturated heterocycles. The number of ether oxygens (including phenoxy) is 1. The van der Waals surface area contributed by atoms with E-state index >= 15 is 0 Å². The van der Waals surface area contributed by atoms with Gasteiger partial charge in [-0.25, -0.2) is 9.78 Å². The highest BCUT2D eigenvalue weighted by Gasteiger charge is 2.17. The molecule has 3 rings (SSSR count). The molecule has 2 aromatic heterocycles. The van der Waals surface area contributed by atoms with Crippen LogP contribution in [0.2, 0.25) is 0 Å². The van der Waals surface area contributed by atoms with Gasteiger partial charge in [0.2, 0.25) is 0 Å². The van der Waals surface area contributed by atoms with Crippen molar-refractivity contribution in [2.75, 3.05) is 7.11 Å². The number of imidazole rings is 1. The lowest BCUT2D eigenvalue weighted by Gasteiger charge is -1.98. The maximum atomic E-state index is 11.3. The first kappa shape index (κ1) is 13.7. The third-order valence-electron chi connectivity index (χ3n) is 3.04. The summed E-state index contributed by atoms with van der Waals surface area (Å²) < 4.78 is 6.64. The topological polar surface area (TPSA) is 88.5 Å². The number of azo groups is 1. The number of hydrogen-bond donors (Lipinski definition) is 1. The molecule has 22 heavy (non-hydrogen) atoms. The van der Waals surface area contributed by atoms with Gasteiger partial charge in [0.15, 0.2) is 11.5 Å². The van der Waals surface area contributed by atoms with E-state index in [1.165, 1.54) is 0 Å². The lowest BCUT2D eigenvalue weighted by Crippen LogP contribution is -1.96. The van der Waals surface area contributed by atoms with E-state index < -0.39 is 5.97 Å². The standard InChI is InChI=1S/C15H12N4O3/c1-22-11-7-5-10(6-8-11)17-18-14-13(15(20)21)16-12-4-2-3-9-19(12)14/h2-9H,1H3,(H,20,21). The second kappa shape index (κ2) is 5.65. The molecule has 0 saturated carbocycles. The zero-order valence-electron chi connectivity index (χ0n) is 11.7. The number of aromatic carboxylic acids is 1. The molecule has 3 aromatic rings. The number of methoxy groups -OCH3 is 1. The monoisotopic (exact) mass is 296 g/mol. The Kier molecular flexibility index (Phi) is 3.53. The molecule has 7 heteroatoms. The van der Waals surface area contributed by atoms with Crippen molar-refractivity contribution in [1.82, 2.24) is 9.38 Å². The van der Waals surface area contributed by atoms with Gasteiger partial charge in [-0.15, -0.1) is 10.2 Å². The number of benzene rings is 1. The van der Waals surface area contributed by atoms with Crippen molar-refractivity contribution in [3.8, 4) is 5.75 Å². The van der Waals surface area contributed by atoms with Gasteiger partial charge in [0.05, 0.1) is 12.8 Å². The average molecular weight is 296 g/mol. The number of carbonyl (C=O) groups is 1. The molecule has 0 aliphatic carbocycles. The van der Waals surface area contributed by atoms with Gasteiger partial charge < -0.3 is 9.84 Å². The van der Waals surface area contributed by atoms with Crippen LogP contribution in [0.3, 0.4) is 0 Å². The number of hydrogen-bond acceptors (Lipinski definition) is 5. The predicted molar refractivity (Wildman–Crippen MR) is 79.3 cm³/mol. The van der Waals surface area contributed by atoms with Crippen LogP contribution in [-0.4, -0.2) is 27.6 Å². The van der Waals surface area contributed by atoms with Crippen LogP contribution in [0.1, 0.15) is 10.5 Å². The van der Waals surface area contributed by atoms with Gasteiger partial charge in [-0.2, -0.15) is 0 Å². The second-order valence-corrected chi connectivity index (χ2v) is 4.42. The lowest BCUT2D eigenvalue weighted by molar-refractivity contribution is 0.0692. The largest absolute Gasteiger partial charge is 0.497 e. The first-order valence-corrected chi connectivity index (χ1v) is 6.45. The fourth-order valence-corrected chi connectivity index (χ4v) is 1.98. The summed E-state index contributed by atoms with van der Waals surface area (Å²) >= 11 is 0. The fraction of sp³-hybridized carbons (Fsp3) is 0.0667. The zero-order valence-corrected chi connectivity index (χ0v) is 11.7. The van der Waals surface area contributed by atoms with Crippen LogP contribution >= 0.6 is 0 Å². The Hall–Kier alpha value is -3.22. The van der Waals surface area contributed by atoms with E-state index in [9.17, 15) is 9.90 Å². The first-order valence-electron chi connectivity index (χ1n) is 6.45. The van der Waals surface area contributed by atoms with Gasteiger partial charge in [-0.3, -0.25) is 4.40 Å². The van der Waals surface area contributed by atoms with Crippen molar-refractivity contribution >= 4 is 23.1 Å². The van der Waals surface area contributed by atoms with Crippen LogP contribution in [0.25, 0.3) is 5.65 Å². The number of nitrogens with zero attached hydrogens (tertiary/aromatic N) is 4. The molecule has 7 nitrogen and oxygen atoms in total. The highest BCUT2D eigenvalue weighted by Crippen LogP contribution is 2.25. The molecule has 0 unspecified atom stereocenters. The molecule has 1 aromatic carbocycles. The average Bonchev–Trinajstić information content (AvgIpc) is 2.92. The fourth-order valence-electron chi connectivity index (χ4n) is 1.98. The van der Waals surface area contributed by atoms with Crippen LogP contribution in [0.15, 0.2) is 58.9 Å². The summed E-state index contributed by atoms with van der Waals surface area (Å²) in [6.07, 6.45) is 1.69. The SMILES string of the molecule is COc1ccc(N=Nc2c(C(=O)O)nc3ccccn23)cc1. The van der Waals surface area contributed by atoms with Crippen molar-refractivity contribution in [3.05, 3.63) is 54.4 Å². The summed E-state index contributed by atoms with van der Waals surface area (Å²) in [4.78, 5) is 15.3. The van der Waals surface area contributed by atoms with Crippen LogP contribution in [-0.2, 0) is 0 Å². The molecule has 0 fully saturated rings. The maximum Gasteiger partial charge on any atom is 0.358 e. The van der Waals surface area contributed by atoms with Crippen molar-refractivity contribution in [2.24, 2.45) is 10.2 Å². The Morgan fingerprint density at radius 2 is 1.95 bits per heavy atom. The minimum absolute atomic E-state index is 0.136. The Morgan fingerprint density at radius 3 is 2.64 bits per heavy atom. The molecule has 1 N–H and O–H groups in total. The predicted octanol–water partition coefficient (Wildman–Crippen LogP) is 3.46. The number of fused-ring (bicyclic) bond motifs is 1. The summed E-state index contributed by atoms with van der Waals surface area (Å²) in [7, 11) is 1.58. The van der Waals surface area contributed by atoms with Gasteiger partial charge in [0, 0.05) is 6.20 Å². The summed E-state index contributed by atoms with van der Waals surface area (Å²) in [5.41, 5.74) is 0.954. The van der Waals surface area contributed by atoms with E-state index in [0.29, 0.717) is 17.1 Å². The summed E-state index contributed by atoms with van der Waals surface area (Å²) in [6, 6.07) is 12.2. The van der Waals surface area contributed by atoms with Gasteiger partial charge in [0.1, 0.15) is 11.4 Å². The Balaban J connectivity index is 2.03. The molecule has 0 bridgehead atoms. The summed E-state index contributed by atoms with van der Waals surface area (Å²) in [5, 5.41) is 17.3. The van der Waals surface area contributed by atoms with Gasteiger partial charge >= 0.3 is 5.97 Å². The molecular formula is C15H12N4O3.